The monoisotopic (exact) mass is 184 g/mol. The third-order valence-electron chi connectivity index (χ3n) is 2.78. The third kappa shape index (κ3) is 2.44. The second-order valence-corrected chi connectivity index (χ2v) is 3.85. The van der Waals surface area contributed by atoms with Crippen molar-refractivity contribution in [2.75, 3.05) is 6.54 Å². The molecule has 1 aliphatic rings. The first-order valence-corrected chi connectivity index (χ1v) is 5.23. The lowest BCUT2D eigenvalue weighted by Gasteiger charge is -2.29. The molecule has 0 aromatic carbocycles. The first kappa shape index (κ1) is 10.5. The van der Waals surface area contributed by atoms with Gasteiger partial charge in [-0.05, 0) is 26.7 Å². The van der Waals surface area contributed by atoms with Crippen LogP contribution in [0.25, 0.3) is 0 Å². The van der Waals surface area contributed by atoms with Crippen LogP contribution in [0.5, 0.6) is 0 Å². The number of carbonyl (C=O) groups is 1. The van der Waals surface area contributed by atoms with Crippen LogP contribution in [0.4, 0.5) is 0 Å². The second-order valence-electron chi connectivity index (χ2n) is 3.85. The van der Waals surface area contributed by atoms with Crippen molar-refractivity contribution in [1.29, 1.82) is 0 Å². The number of amides is 1. The van der Waals surface area contributed by atoms with Crippen LogP contribution in [0.3, 0.4) is 0 Å². The Morgan fingerprint density at radius 3 is 2.46 bits per heavy atom. The van der Waals surface area contributed by atoms with Gasteiger partial charge in [0.1, 0.15) is 0 Å². The highest BCUT2D eigenvalue weighted by atomic mass is 16.2. The van der Waals surface area contributed by atoms with E-state index in [1.54, 1.807) is 6.92 Å². The lowest BCUT2D eigenvalue weighted by molar-refractivity contribution is -0.134. The lowest BCUT2D eigenvalue weighted by atomic mass is 10.2. The fourth-order valence-corrected chi connectivity index (χ4v) is 2.07. The SMILES string of the molecule is CCN(C(=O)[C@@H](C)N)C1CCCC1. The largest absolute Gasteiger partial charge is 0.339 e. The Morgan fingerprint density at radius 2 is 2.08 bits per heavy atom. The average molecular weight is 184 g/mol. The van der Waals surface area contributed by atoms with E-state index in [-0.39, 0.29) is 11.9 Å². The van der Waals surface area contributed by atoms with Crippen molar-refractivity contribution in [3.63, 3.8) is 0 Å². The standard InChI is InChI=1S/C10H20N2O/c1-3-12(10(13)8(2)11)9-6-4-5-7-9/h8-9H,3-7,11H2,1-2H3/t8-/m1/s1. The zero-order chi connectivity index (χ0) is 9.84. The van der Waals surface area contributed by atoms with Crippen LogP contribution in [0.1, 0.15) is 39.5 Å². The molecule has 2 N–H and O–H groups in total. The number of hydrogen-bond donors (Lipinski definition) is 1. The fraction of sp³-hybridized carbons (Fsp3) is 0.900. The molecule has 0 radical (unpaired) electrons. The van der Waals surface area contributed by atoms with E-state index in [4.69, 9.17) is 5.73 Å². The van der Waals surface area contributed by atoms with Crippen molar-refractivity contribution in [1.82, 2.24) is 4.90 Å². The van der Waals surface area contributed by atoms with E-state index in [1.165, 1.54) is 12.8 Å². The molecule has 1 saturated carbocycles. The van der Waals surface area contributed by atoms with E-state index in [9.17, 15) is 4.79 Å². The molecule has 0 saturated heterocycles. The summed E-state index contributed by atoms with van der Waals surface area (Å²) in [6.45, 7) is 4.59. The van der Waals surface area contributed by atoms with Crippen LogP contribution in [0.2, 0.25) is 0 Å². The maximum atomic E-state index is 11.7. The topological polar surface area (TPSA) is 46.3 Å². The summed E-state index contributed by atoms with van der Waals surface area (Å²) < 4.78 is 0. The molecule has 0 spiro atoms. The van der Waals surface area contributed by atoms with Gasteiger partial charge >= 0.3 is 0 Å². The number of hydrogen-bond acceptors (Lipinski definition) is 2. The summed E-state index contributed by atoms with van der Waals surface area (Å²) in [4.78, 5) is 13.6. The minimum atomic E-state index is -0.347. The van der Waals surface area contributed by atoms with E-state index < -0.39 is 0 Å². The van der Waals surface area contributed by atoms with Gasteiger partial charge in [-0.1, -0.05) is 12.8 Å². The Kier molecular flexibility index (Phi) is 3.72. The molecule has 3 heteroatoms. The highest BCUT2D eigenvalue weighted by Gasteiger charge is 2.26. The van der Waals surface area contributed by atoms with Crippen molar-refractivity contribution in [3.05, 3.63) is 0 Å². The molecule has 1 atom stereocenters. The van der Waals surface area contributed by atoms with Crippen molar-refractivity contribution in [2.24, 2.45) is 5.73 Å². The number of carbonyl (C=O) groups excluding carboxylic acids is 1. The summed E-state index contributed by atoms with van der Waals surface area (Å²) in [5.41, 5.74) is 5.59. The van der Waals surface area contributed by atoms with Crippen LogP contribution in [0.15, 0.2) is 0 Å². The van der Waals surface area contributed by atoms with Crippen LogP contribution in [-0.2, 0) is 4.79 Å². The van der Waals surface area contributed by atoms with Crippen molar-refractivity contribution >= 4 is 5.91 Å². The summed E-state index contributed by atoms with van der Waals surface area (Å²) in [5, 5.41) is 0. The maximum absolute atomic E-state index is 11.7. The molecule has 1 aliphatic carbocycles. The number of likely N-dealkylation sites (N-methyl/N-ethyl adjacent to an activating group) is 1. The van der Waals surface area contributed by atoms with Gasteiger partial charge in [-0.25, -0.2) is 0 Å². The Labute approximate surface area is 80.3 Å². The Hall–Kier alpha value is -0.570. The predicted octanol–water partition coefficient (Wildman–Crippen LogP) is 1.12. The van der Waals surface area contributed by atoms with Gasteiger partial charge in [0.05, 0.1) is 6.04 Å². The fourth-order valence-electron chi connectivity index (χ4n) is 2.07. The average Bonchev–Trinajstić information content (AvgIpc) is 2.58. The van der Waals surface area contributed by atoms with E-state index in [0.29, 0.717) is 6.04 Å². The zero-order valence-electron chi connectivity index (χ0n) is 8.62. The Bertz CT molecular complexity index is 174. The molecule has 0 aromatic rings. The molecule has 1 amide bonds. The van der Waals surface area contributed by atoms with Gasteiger partial charge < -0.3 is 10.6 Å². The molecule has 0 aliphatic heterocycles. The summed E-state index contributed by atoms with van der Waals surface area (Å²) in [6, 6.07) is 0.115. The molecular weight excluding hydrogens is 164 g/mol. The quantitative estimate of drug-likeness (QED) is 0.714. The molecule has 1 fully saturated rings. The van der Waals surface area contributed by atoms with Gasteiger partial charge in [-0.3, -0.25) is 4.79 Å². The molecule has 3 nitrogen and oxygen atoms in total. The van der Waals surface area contributed by atoms with Crippen LogP contribution in [0, 0.1) is 0 Å². The van der Waals surface area contributed by atoms with E-state index in [1.807, 2.05) is 11.8 Å². The summed E-state index contributed by atoms with van der Waals surface area (Å²) >= 11 is 0. The Morgan fingerprint density at radius 1 is 1.54 bits per heavy atom. The first-order chi connectivity index (χ1) is 6.16. The number of nitrogens with zero attached hydrogens (tertiary/aromatic N) is 1. The van der Waals surface area contributed by atoms with Gasteiger partial charge in [0, 0.05) is 12.6 Å². The minimum Gasteiger partial charge on any atom is -0.339 e. The molecule has 0 unspecified atom stereocenters. The van der Waals surface area contributed by atoms with Gasteiger partial charge in [0.2, 0.25) is 5.91 Å². The van der Waals surface area contributed by atoms with Gasteiger partial charge in [0.25, 0.3) is 0 Å². The van der Waals surface area contributed by atoms with E-state index >= 15 is 0 Å². The number of rotatable bonds is 3. The van der Waals surface area contributed by atoms with E-state index in [2.05, 4.69) is 0 Å². The molecule has 0 aromatic heterocycles. The summed E-state index contributed by atoms with van der Waals surface area (Å²) in [6.07, 6.45) is 4.83. The maximum Gasteiger partial charge on any atom is 0.239 e. The Balaban J connectivity index is 2.55. The van der Waals surface area contributed by atoms with Crippen molar-refractivity contribution < 1.29 is 4.79 Å². The zero-order valence-corrected chi connectivity index (χ0v) is 8.62. The highest BCUT2D eigenvalue weighted by Crippen LogP contribution is 2.23. The molecule has 76 valence electrons. The lowest BCUT2D eigenvalue weighted by Crippen LogP contribution is -2.46. The predicted molar refractivity (Wildman–Crippen MR) is 53.3 cm³/mol. The van der Waals surface area contributed by atoms with Crippen LogP contribution >= 0.6 is 0 Å². The van der Waals surface area contributed by atoms with Gasteiger partial charge in [-0.2, -0.15) is 0 Å². The van der Waals surface area contributed by atoms with Crippen LogP contribution < -0.4 is 5.73 Å². The van der Waals surface area contributed by atoms with Crippen molar-refractivity contribution in [2.45, 2.75) is 51.6 Å². The van der Waals surface area contributed by atoms with E-state index in [0.717, 1.165) is 19.4 Å². The smallest absolute Gasteiger partial charge is 0.239 e. The minimum absolute atomic E-state index is 0.106. The molecular formula is C10H20N2O. The second kappa shape index (κ2) is 4.61. The molecule has 0 bridgehead atoms. The van der Waals surface area contributed by atoms with Gasteiger partial charge in [0.15, 0.2) is 0 Å². The number of nitrogens with two attached hydrogens (primary N) is 1. The first-order valence-electron chi connectivity index (χ1n) is 5.23. The molecule has 1 rings (SSSR count). The third-order valence-corrected chi connectivity index (χ3v) is 2.78. The summed E-state index contributed by atoms with van der Waals surface area (Å²) in [5.74, 6) is 0.106. The molecule has 13 heavy (non-hydrogen) atoms. The highest BCUT2D eigenvalue weighted by molar-refractivity contribution is 5.81. The van der Waals surface area contributed by atoms with Crippen LogP contribution in [-0.4, -0.2) is 29.4 Å². The van der Waals surface area contributed by atoms with Crippen molar-refractivity contribution in [3.8, 4) is 0 Å². The molecule has 0 heterocycles. The summed E-state index contributed by atoms with van der Waals surface area (Å²) in [7, 11) is 0. The van der Waals surface area contributed by atoms with Gasteiger partial charge in [-0.15, -0.1) is 0 Å². The normalized spacial score (nSPS) is 20.2.